The summed E-state index contributed by atoms with van der Waals surface area (Å²) >= 11 is 3.37. The van der Waals surface area contributed by atoms with E-state index in [0.29, 0.717) is 11.7 Å². The molecule has 1 fully saturated rings. The second kappa shape index (κ2) is 5.80. The molecule has 1 aromatic rings. The van der Waals surface area contributed by atoms with Crippen molar-refractivity contribution in [2.45, 2.75) is 18.9 Å². The highest BCUT2D eigenvalue weighted by Crippen LogP contribution is 2.18. The van der Waals surface area contributed by atoms with Crippen LogP contribution in [-0.2, 0) is 0 Å². The molecule has 0 saturated carbocycles. The predicted octanol–water partition coefficient (Wildman–Crippen LogP) is 2.01. The van der Waals surface area contributed by atoms with Crippen LogP contribution in [0.3, 0.4) is 0 Å². The topological polar surface area (TPSA) is 36.4 Å². The summed E-state index contributed by atoms with van der Waals surface area (Å²) < 4.78 is 0.752. The lowest BCUT2D eigenvalue weighted by atomic mass is 10.2. The molecule has 0 N–H and O–H groups in total. The molecule has 0 spiro atoms. The monoisotopic (exact) mass is 311 g/mol. The Bertz CT molecular complexity index is 438. The van der Waals surface area contributed by atoms with Crippen LogP contribution in [0.4, 0.5) is 0 Å². The van der Waals surface area contributed by atoms with E-state index in [1.165, 1.54) is 6.42 Å². The van der Waals surface area contributed by atoms with Gasteiger partial charge in [-0.25, -0.2) is 4.98 Å². The van der Waals surface area contributed by atoms with E-state index >= 15 is 0 Å². The number of carbonyl (C=O) groups excluding carboxylic acids is 1. The highest BCUT2D eigenvalue weighted by molar-refractivity contribution is 9.10. The molecule has 1 aliphatic heterocycles. The summed E-state index contributed by atoms with van der Waals surface area (Å²) in [6.45, 7) is 1.89. The first-order valence-electron chi connectivity index (χ1n) is 6.16. The van der Waals surface area contributed by atoms with E-state index in [0.717, 1.165) is 24.0 Å². The Morgan fingerprint density at radius 1 is 1.67 bits per heavy atom. The number of likely N-dealkylation sites (N-methyl/N-ethyl adjacent to an activating group) is 2. The molecule has 1 atom stereocenters. The Balaban J connectivity index is 2.03. The fraction of sp³-hybridized carbons (Fsp3) is 0.538. The Labute approximate surface area is 116 Å². The summed E-state index contributed by atoms with van der Waals surface area (Å²) in [5, 5.41) is 0. The fourth-order valence-corrected chi connectivity index (χ4v) is 2.76. The first-order chi connectivity index (χ1) is 8.59. The van der Waals surface area contributed by atoms with Gasteiger partial charge in [-0.3, -0.25) is 4.79 Å². The Hall–Kier alpha value is -0.940. The first-order valence-corrected chi connectivity index (χ1v) is 6.95. The summed E-state index contributed by atoms with van der Waals surface area (Å²) in [6, 6.07) is 4.13. The molecule has 0 bridgehead atoms. The molecule has 2 rings (SSSR count). The van der Waals surface area contributed by atoms with E-state index in [1.54, 1.807) is 11.1 Å². The van der Waals surface area contributed by atoms with Gasteiger partial charge in [-0.2, -0.15) is 0 Å². The maximum absolute atomic E-state index is 12.3. The van der Waals surface area contributed by atoms with Crippen molar-refractivity contribution in [1.82, 2.24) is 14.8 Å². The van der Waals surface area contributed by atoms with Crippen molar-refractivity contribution < 1.29 is 4.79 Å². The lowest BCUT2D eigenvalue weighted by Gasteiger charge is -2.25. The molecule has 1 aromatic heterocycles. The predicted molar refractivity (Wildman–Crippen MR) is 74.5 cm³/mol. The SMILES string of the molecule is CN(CC1CCCN1C)C(=O)c1ncccc1Br. The molecular formula is C13H18BrN3O. The first kappa shape index (κ1) is 13.5. The number of aromatic nitrogens is 1. The lowest BCUT2D eigenvalue weighted by Crippen LogP contribution is -2.39. The van der Waals surface area contributed by atoms with E-state index in [2.05, 4.69) is 32.9 Å². The second-order valence-corrected chi connectivity index (χ2v) is 5.65. The third-order valence-electron chi connectivity index (χ3n) is 3.46. The standard InChI is InChI=1S/C13H18BrN3O/c1-16-8-4-5-10(16)9-17(2)13(18)12-11(14)6-3-7-15-12/h3,6-7,10H,4-5,8-9H2,1-2H3. The van der Waals surface area contributed by atoms with Crippen LogP contribution >= 0.6 is 15.9 Å². The van der Waals surface area contributed by atoms with Gasteiger partial charge in [0.15, 0.2) is 0 Å². The average Bonchev–Trinajstić information content (AvgIpc) is 2.75. The van der Waals surface area contributed by atoms with Gasteiger partial charge in [-0.1, -0.05) is 0 Å². The van der Waals surface area contributed by atoms with E-state index in [-0.39, 0.29) is 5.91 Å². The zero-order valence-corrected chi connectivity index (χ0v) is 12.4. The number of pyridine rings is 1. The van der Waals surface area contributed by atoms with E-state index in [9.17, 15) is 4.79 Å². The van der Waals surface area contributed by atoms with E-state index in [4.69, 9.17) is 0 Å². The molecule has 0 radical (unpaired) electrons. The molecule has 0 aliphatic carbocycles. The largest absolute Gasteiger partial charge is 0.339 e. The van der Waals surface area contributed by atoms with Crippen molar-refractivity contribution in [3.8, 4) is 0 Å². The Kier molecular flexibility index (Phi) is 4.35. The van der Waals surface area contributed by atoms with Crippen molar-refractivity contribution in [3.63, 3.8) is 0 Å². The Morgan fingerprint density at radius 3 is 3.06 bits per heavy atom. The van der Waals surface area contributed by atoms with Gasteiger partial charge in [-0.15, -0.1) is 0 Å². The summed E-state index contributed by atoms with van der Waals surface area (Å²) in [5.41, 5.74) is 0.487. The highest BCUT2D eigenvalue weighted by Gasteiger charge is 2.25. The van der Waals surface area contributed by atoms with Crippen molar-refractivity contribution in [1.29, 1.82) is 0 Å². The van der Waals surface area contributed by atoms with Gasteiger partial charge in [0, 0.05) is 30.3 Å². The van der Waals surface area contributed by atoms with Gasteiger partial charge >= 0.3 is 0 Å². The fourth-order valence-electron chi connectivity index (χ4n) is 2.33. The average molecular weight is 312 g/mol. The molecule has 1 saturated heterocycles. The number of halogens is 1. The summed E-state index contributed by atoms with van der Waals surface area (Å²) in [6.07, 6.45) is 4.03. The van der Waals surface area contributed by atoms with E-state index in [1.807, 2.05) is 19.2 Å². The van der Waals surface area contributed by atoms with Crippen LogP contribution < -0.4 is 0 Å². The third-order valence-corrected chi connectivity index (χ3v) is 4.10. The molecule has 2 heterocycles. The van der Waals surface area contributed by atoms with Crippen LogP contribution in [0.1, 0.15) is 23.3 Å². The van der Waals surface area contributed by atoms with Gasteiger partial charge in [-0.05, 0) is 54.5 Å². The van der Waals surface area contributed by atoms with Crippen molar-refractivity contribution in [2.75, 3.05) is 27.2 Å². The molecule has 18 heavy (non-hydrogen) atoms. The van der Waals surface area contributed by atoms with Crippen LogP contribution in [0, 0.1) is 0 Å². The number of nitrogens with zero attached hydrogens (tertiary/aromatic N) is 3. The van der Waals surface area contributed by atoms with Crippen molar-refractivity contribution >= 4 is 21.8 Å². The molecule has 98 valence electrons. The number of hydrogen-bond donors (Lipinski definition) is 0. The van der Waals surface area contributed by atoms with Crippen LogP contribution in [0.15, 0.2) is 22.8 Å². The Morgan fingerprint density at radius 2 is 2.44 bits per heavy atom. The number of rotatable bonds is 3. The zero-order chi connectivity index (χ0) is 13.1. The maximum atomic E-state index is 12.3. The minimum atomic E-state index is -0.0252. The highest BCUT2D eigenvalue weighted by atomic mass is 79.9. The van der Waals surface area contributed by atoms with Gasteiger partial charge < -0.3 is 9.80 Å². The summed E-state index contributed by atoms with van der Waals surface area (Å²) in [4.78, 5) is 20.5. The molecule has 1 aliphatic rings. The van der Waals surface area contributed by atoms with Gasteiger partial charge in [0.2, 0.25) is 0 Å². The van der Waals surface area contributed by atoms with Gasteiger partial charge in [0.1, 0.15) is 5.69 Å². The molecular weight excluding hydrogens is 294 g/mol. The summed E-state index contributed by atoms with van der Waals surface area (Å²) in [7, 11) is 3.96. The molecule has 0 aromatic carbocycles. The number of amides is 1. The lowest BCUT2D eigenvalue weighted by molar-refractivity contribution is 0.0755. The smallest absolute Gasteiger partial charge is 0.273 e. The van der Waals surface area contributed by atoms with Crippen molar-refractivity contribution in [3.05, 3.63) is 28.5 Å². The van der Waals surface area contributed by atoms with Crippen LogP contribution in [-0.4, -0.2) is 53.9 Å². The molecule has 4 nitrogen and oxygen atoms in total. The summed E-state index contributed by atoms with van der Waals surface area (Å²) in [5.74, 6) is -0.0252. The van der Waals surface area contributed by atoms with Crippen molar-refractivity contribution in [2.24, 2.45) is 0 Å². The number of carbonyl (C=O) groups is 1. The number of hydrogen-bond acceptors (Lipinski definition) is 3. The quantitative estimate of drug-likeness (QED) is 0.857. The van der Waals surface area contributed by atoms with E-state index < -0.39 is 0 Å². The third kappa shape index (κ3) is 2.90. The van der Waals surface area contributed by atoms with Gasteiger partial charge in [0.05, 0.1) is 0 Å². The molecule has 1 amide bonds. The molecule has 1 unspecified atom stereocenters. The maximum Gasteiger partial charge on any atom is 0.273 e. The van der Waals surface area contributed by atoms with Gasteiger partial charge in [0.25, 0.3) is 5.91 Å². The van der Waals surface area contributed by atoms with Crippen LogP contribution in [0.2, 0.25) is 0 Å². The minimum Gasteiger partial charge on any atom is -0.339 e. The van der Waals surface area contributed by atoms with Crippen LogP contribution in [0.25, 0.3) is 0 Å². The zero-order valence-electron chi connectivity index (χ0n) is 10.8. The minimum absolute atomic E-state index is 0.0252. The molecule has 5 heteroatoms. The normalized spacial score (nSPS) is 20.1. The number of likely N-dealkylation sites (tertiary alicyclic amines) is 1. The van der Waals surface area contributed by atoms with Crippen LogP contribution in [0.5, 0.6) is 0 Å². The second-order valence-electron chi connectivity index (χ2n) is 4.80.